The normalized spacial score (nSPS) is 18.2. The van der Waals surface area contributed by atoms with Crippen molar-refractivity contribution in [1.82, 2.24) is 5.32 Å². The predicted octanol–water partition coefficient (Wildman–Crippen LogP) is 2.07. The third-order valence-electron chi connectivity index (χ3n) is 3.12. The number of aliphatic hydroxyl groups excluding tert-OH is 1. The zero-order valence-corrected chi connectivity index (χ0v) is 14.1. The van der Waals surface area contributed by atoms with Gasteiger partial charge in [-0.05, 0) is 45.0 Å². The van der Waals surface area contributed by atoms with Crippen molar-refractivity contribution < 1.29 is 14.6 Å². The number of anilines is 1. The fraction of sp³-hybridized carbons (Fsp3) is 0.562. The number of aliphatic hydroxyl groups is 1. The van der Waals surface area contributed by atoms with E-state index >= 15 is 0 Å². The number of ether oxygens (including phenoxy) is 1. The van der Waals surface area contributed by atoms with Crippen LogP contribution in [-0.2, 0) is 9.53 Å². The molecule has 2 rings (SSSR count). The van der Waals surface area contributed by atoms with Gasteiger partial charge in [0.15, 0.2) is 0 Å². The second-order valence-electron chi connectivity index (χ2n) is 6.04. The van der Waals surface area contributed by atoms with Crippen molar-refractivity contribution >= 4 is 23.8 Å². The van der Waals surface area contributed by atoms with Crippen molar-refractivity contribution in [3.8, 4) is 0 Å². The molecule has 0 spiro atoms. The molecule has 0 aliphatic carbocycles. The van der Waals surface area contributed by atoms with E-state index in [1.165, 1.54) is 0 Å². The molecular formula is C16H25ClN2O3. The van der Waals surface area contributed by atoms with E-state index < -0.39 is 0 Å². The highest BCUT2D eigenvalue weighted by atomic mass is 35.5. The van der Waals surface area contributed by atoms with E-state index in [1.807, 2.05) is 45.0 Å². The summed E-state index contributed by atoms with van der Waals surface area (Å²) in [6.07, 6.45) is 0. The van der Waals surface area contributed by atoms with Gasteiger partial charge in [0.1, 0.15) is 5.60 Å². The molecule has 0 bridgehead atoms. The fourth-order valence-corrected chi connectivity index (χ4v) is 2.17. The van der Waals surface area contributed by atoms with Crippen LogP contribution in [0.4, 0.5) is 5.69 Å². The first kappa shape index (κ1) is 18.7. The molecule has 6 heteroatoms. The predicted molar refractivity (Wildman–Crippen MR) is 89.4 cm³/mol. The van der Waals surface area contributed by atoms with Crippen LogP contribution in [0.5, 0.6) is 0 Å². The highest BCUT2D eigenvalue weighted by molar-refractivity contribution is 6.30. The molecule has 1 atom stereocenters. The number of carbonyl (C=O) groups excluding carboxylic acids is 1. The molecule has 0 radical (unpaired) electrons. The largest absolute Gasteiger partial charge is 0.462 e. The Bertz CT molecular complexity index is 446. The molecule has 5 nitrogen and oxygen atoms in total. The van der Waals surface area contributed by atoms with E-state index in [0.29, 0.717) is 6.47 Å². The Balaban J connectivity index is 0.000000295. The van der Waals surface area contributed by atoms with Gasteiger partial charge in [-0.15, -0.1) is 0 Å². The molecule has 2 N–H and O–H groups in total. The number of halogens is 1. The Kier molecular flexibility index (Phi) is 7.65. The number of benzene rings is 1. The summed E-state index contributed by atoms with van der Waals surface area (Å²) in [5.41, 5.74) is 0.807. The Morgan fingerprint density at radius 1 is 1.41 bits per heavy atom. The summed E-state index contributed by atoms with van der Waals surface area (Å²) < 4.78 is 4.55. The molecule has 124 valence electrons. The van der Waals surface area contributed by atoms with E-state index in [0.717, 1.165) is 30.3 Å². The number of carbonyl (C=O) groups is 1. The number of nitrogens with zero attached hydrogens (tertiary/aromatic N) is 1. The van der Waals surface area contributed by atoms with Gasteiger partial charge >= 0.3 is 0 Å². The van der Waals surface area contributed by atoms with Crippen molar-refractivity contribution in [3.63, 3.8) is 0 Å². The van der Waals surface area contributed by atoms with E-state index in [-0.39, 0.29) is 18.2 Å². The standard InChI is InChI=1S/C11H15ClN2O.C5H10O2/c12-9-1-3-10(4-2-9)14-6-5-13-7-11(14)8-15;1-5(2,3)7-4-6/h1-4,11,13,15H,5-8H2;4H,1-3H3. The molecule has 1 heterocycles. The second-order valence-corrected chi connectivity index (χ2v) is 6.47. The first-order valence-electron chi connectivity index (χ1n) is 7.32. The zero-order valence-electron chi connectivity index (χ0n) is 13.4. The lowest BCUT2D eigenvalue weighted by atomic mass is 10.1. The van der Waals surface area contributed by atoms with Gasteiger partial charge in [0.25, 0.3) is 6.47 Å². The lowest BCUT2D eigenvalue weighted by Crippen LogP contribution is -2.53. The lowest BCUT2D eigenvalue weighted by molar-refractivity contribution is -0.138. The van der Waals surface area contributed by atoms with Gasteiger partial charge < -0.3 is 20.1 Å². The maximum Gasteiger partial charge on any atom is 0.293 e. The molecule has 1 aliphatic heterocycles. The molecule has 1 fully saturated rings. The summed E-state index contributed by atoms with van der Waals surface area (Å²) in [4.78, 5) is 11.8. The van der Waals surface area contributed by atoms with Gasteiger partial charge in [0.05, 0.1) is 12.6 Å². The van der Waals surface area contributed by atoms with Gasteiger partial charge in [-0.25, -0.2) is 0 Å². The van der Waals surface area contributed by atoms with Gasteiger partial charge in [-0.3, -0.25) is 4.79 Å². The molecular weight excluding hydrogens is 304 g/mol. The number of rotatable bonds is 3. The topological polar surface area (TPSA) is 61.8 Å². The molecule has 22 heavy (non-hydrogen) atoms. The van der Waals surface area contributed by atoms with E-state index in [4.69, 9.17) is 11.6 Å². The average molecular weight is 329 g/mol. The van der Waals surface area contributed by atoms with Crippen molar-refractivity contribution in [2.45, 2.75) is 32.4 Å². The van der Waals surface area contributed by atoms with Crippen LogP contribution < -0.4 is 10.2 Å². The van der Waals surface area contributed by atoms with Crippen LogP contribution in [0.1, 0.15) is 20.8 Å². The maximum absolute atomic E-state index is 9.60. The molecule has 1 saturated heterocycles. The minimum Gasteiger partial charge on any atom is -0.462 e. The van der Waals surface area contributed by atoms with Crippen molar-refractivity contribution in [3.05, 3.63) is 29.3 Å². The van der Waals surface area contributed by atoms with Crippen LogP contribution in [0.3, 0.4) is 0 Å². The summed E-state index contributed by atoms with van der Waals surface area (Å²) in [7, 11) is 0. The molecule has 1 aromatic rings. The minimum atomic E-state index is -0.318. The van der Waals surface area contributed by atoms with Gasteiger partial charge in [0, 0.05) is 30.3 Å². The van der Waals surface area contributed by atoms with Crippen molar-refractivity contribution in [2.75, 3.05) is 31.1 Å². The van der Waals surface area contributed by atoms with E-state index in [1.54, 1.807) is 0 Å². The number of hydrogen-bond acceptors (Lipinski definition) is 5. The number of hydrogen-bond donors (Lipinski definition) is 2. The lowest BCUT2D eigenvalue weighted by Gasteiger charge is -2.37. The van der Waals surface area contributed by atoms with Gasteiger partial charge in [0.2, 0.25) is 0 Å². The van der Waals surface area contributed by atoms with Crippen LogP contribution in [0.25, 0.3) is 0 Å². The minimum absolute atomic E-state index is 0.167. The first-order chi connectivity index (χ1) is 10.4. The first-order valence-corrected chi connectivity index (χ1v) is 7.70. The summed E-state index contributed by atoms with van der Waals surface area (Å²) >= 11 is 5.84. The van der Waals surface area contributed by atoms with Crippen LogP contribution in [-0.4, -0.2) is 49.5 Å². The van der Waals surface area contributed by atoms with E-state index in [9.17, 15) is 9.90 Å². The summed E-state index contributed by atoms with van der Waals surface area (Å²) in [5, 5.41) is 13.3. The van der Waals surface area contributed by atoms with Crippen molar-refractivity contribution in [1.29, 1.82) is 0 Å². The maximum atomic E-state index is 9.60. The van der Waals surface area contributed by atoms with Crippen LogP contribution in [0.2, 0.25) is 5.02 Å². The third kappa shape index (κ3) is 6.64. The molecule has 0 aromatic heterocycles. The molecule has 1 aliphatic rings. The third-order valence-corrected chi connectivity index (χ3v) is 3.37. The zero-order chi connectivity index (χ0) is 16.6. The monoisotopic (exact) mass is 328 g/mol. The molecule has 1 aromatic carbocycles. The van der Waals surface area contributed by atoms with Gasteiger partial charge in [-0.1, -0.05) is 11.6 Å². The summed E-state index contributed by atoms with van der Waals surface area (Å²) in [5.74, 6) is 0. The molecule has 1 unspecified atom stereocenters. The van der Waals surface area contributed by atoms with Crippen LogP contribution >= 0.6 is 11.6 Å². The highest BCUT2D eigenvalue weighted by Crippen LogP contribution is 2.20. The van der Waals surface area contributed by atoms with Crippen LogP contribution in [0.15, 0.2) is 24.3 Å². The van der Waals surface area contributed by atoms with Crippen molar-refractivity contribution in [2.24, 2.45) is 0 Å². The highest BCUT2D eigenvalue weighted by Gasteiger charge is 2.21. The Labute approximate surface area is 137 Å². The number of nitrogens with one attached hydrogen (secondary N) is 1. The van der Waals surface area contributed by atoms with Gasteiger partial charge in [-0.2, -0.15) is 0 Å². The number of piperazine rings is 1. The van der Waals surface area contributed by atoms with Crippen LogP contribution in [0, 0.1) is 0 Å². The molecule has 0 saturated carbocycles. The summed E-state index contributed by atoms with van der Waals surface area (Å²) in [6, 6.07) is 7.92. The Morgan fingerprint density at radius 3 is 2.50 bits per heavy atom. The second kappa shape index (κ2) is 8.98. The quantitative estimate of drug-likeness (QED) is 0.832. The van der Waals surface area contributed by atoms with E-state index in [2.05, 4.69) is 15.0 Å². The SMILES string of the molecule is CC(C)(C)OC=O.OCC1CNCCN1c1ccc(Cl)cc1. The summed E-state index contributed by atoms with van der Waals surface area (Å²) in [6.45, 7) is 8.81. The Morgan fingerprint density at radius 2 is 2.05 bits per heavy atom. The molecule has 0 amide bonds. The fourth-order valence-electron chi connectivity index (χ4n) is 2.04. The Hall–Kier alpha value is -1.30. The average Bonchev–Trinajstić information content (AvgIpc) is 2.47. The smallest absolute Gasteiger partial charge is 0.293 e.